The molecule has 16 heavy (non-hydrogen) atoms. The van der Waals surface area contributed by atoms with Crippen molar-refractivity contribution in [1.29, 1.82) is 0 Å². The van der Waals surface area contributed by atoms with Crippen LogP contribution in [-0.2, 0) is 37.1 Å². The van der Waals surface area contributed by atoms with Gasteiger partial charge in [0.1, 0.15) is 0 Å². The third kappa shape index (κ3) is 2.26. The molecule has 8 heteroatoms. The van der Waals surface area contributed by atoms with E-state index in [9.17, 15) is 0 Å². The molecule has 1 N–H and O–H groups in total. The zero-order valence-corrected chi connectivity index (χ0v) is 19.3. The first kappa shape index (κ1) is 18.1. The first-order valence-corrected chi connectivity index (χ1v) is 9.36. The second-order valence-corrected chi connectivity index (χ2v) is 8.97. The van der Waals surface area contributed by atoms with Crippen molar-refractivity contribution in [3.8, 4) is 0 Å². The molecule has 1 spiro atoms. The van der Waals surface area contributed by atoms with Crippen LogP contribution in [0.3, 0.4) is 0 Å². The van der Waals surface area contributed by atoms with E-state index in [0.29, 0.717) is 23.5 Å². The topological polar surface area (TPSA) is 15.3 Å². The van der Waals surface area contributed by atoms with Crippen LogP contribution in [0.1, 0.15) is 0 Å². The van der Waals surface area contributed by atoms with Crippen molar-refractivity contribution < 1.29 is 37.1 Å². The van der Waals surface area contributed by atoms with E-state index in [2.05, 4.69) is 114 Å². The molecule has 0 aromatic rings. The standard InChI is InChI=1S/C8H8I4N2.2V/c9-4-3-1-14(2-3)7(12)8(4)5(10)13-6(8)11;;/h1-7,13H;;/q-2;;. The molecule has 2 nitrogen and oxygen atoms in total. The molecular formula is C8H8I4N2V2-2. The molecule has 2 bridgehead atoms. The van der Waals surface area contributed by atoms with Crippen molar-refractivity contribution in [1.82, 2.24) is 10.2 Å². The summed E-state index contributed by atoms with van der Waals surface area (Å²) in [6.45, 7) is 4.76. The van der Waals surface area contributed by atoms with E-state index in [1.807, 2.05) is 0 Å². The zero-order valence-electron chi connectivity index (χ0n) is 7.89. The predicted octanol–water partition coefficient (Wildman–Crippen LogP) is 2.93. The Balaban J connectivity index is 0.000000640. The van der Waals surface area contributed by atoms with Crippen LogP contribution in [0.4, 0.5) is 0 Å². The van der Waals surface area contributed by atoms with Crippen molar-refractivity contribution in [3.05, 3.63) is 13.1 Å². The van der Waals surface area contributed by atoms with Gasteiger partial charge in [0.15, 0.2) is 0 Å². The average Bonchev–Trinajstić information content (AvgIpc) is 2.00. The molecule has 0 aliphatic carbocycles. The van der Waals surface area contributed by atoms with Crippen molar-refractivity contribution in [2.24, 2.45) is 11.3 Å². The fourth-order valence-corrected chi connectivity index (χ4v) is 13.0. The summed E-state index contributed by atoms with van der Waals surface area (Å²) < 4.78 is 2.62. The van der Waals surface area contributed by atoms with Gasteiger partial charge >= 0.3 is 0 Å². The van der Waals surface area contributed by atoms with Gasteiger partial charge in [-0.3, -0.25) is 11.2 Å². The van der Waals surface area contributed by atoms with Gasteiger partial charge in [-0.05, 0) is 3.92 Å². The van der Waals surface area contributed by atoms with Crippen LogP contribution in [0.2, 0.25) is 0 Å². The van der Waals surface area contributed by atoms with Crippen LogP contribution in [0.15, 0.2) is 0 Å². The second kappa shape index (κ2) is 6.41. The van der Waals surface area contributed by atoms with E-state index < -0.39 is 0 Å². The summed E-state index contributed by atoms with van der Waals surface area (Å²) >= 11 is 10.4. The van der Waals surface area contributed by atoms with E-state index in [1.54, 1.807) is 0 Å². The predicted molar refractivity (Wildman–Crippen MR) is 90.7 cm³/mol. The Morgan fingerprint density at radius 3 is 1.81 bits per heavy atom. The van der Waals surface area contributed by atoms with E-state index in [-0.39, 0.29) is 37.1 Å². The van der Waals surface area contributed by atoms with Crippen LogP contribution in [-0.4, -0.2) is 21.0 Å². The van der Waals surface area contributed by atoms with Crippen LogP contribution in [0.5, 0.6) is 0 Å². The maximum absolute atomic E-state index is 3.58. The normalized spacial score (nSPS) is 57.8. The average molecular weight is 742 g/mol. The fourth-order valence-electron chi connectivity index (χ4n) is 2.38. The Hall–Kier alpha value is 4.01. The molecule has 4 unspecified atom stereocenters. The number of halogens is 4. The third-order valence-electron chi connectivity index (χ3n) is 3.35. The van der Waals surface area contributed by atoms with Crippen molar-refractivity contribution in [2.75, 3.05) is 0 Å². The SMILES string of the molecule is IC1NC(I)C12C(I)C1[CH-]N([CH-]1)C2I.[V].[V]. The Morgan fingerprint density at radius 2 is 1.50 bits per heavy atom. The Labute approximate surface area is 175 Å². The maximum Gasteiger partial charge on any atom is 0.0711 e. The van der Waals surface area contributed by atoms with Crippen molar-refractivity contribution in [3.63, 3.8) is 0 Å². The third-order valence-corrected chi connectivity index (χ3v) is 9.86. The number of rotatable bonds is 0. The first-order chi connectivity index (χ1) is 6.58. The molecule has 4 heterocycles. The molecule has 2 radical (unpaired) electrons. The van der Waals surface area contributed by atoms with Crippen molar-refractivity contribution >= 4 is 90.4 Å². The summed E-state index contributed by atoms with van der Waals surface area (Å²) in [5.41, 5.74) is 0.455. The van der Waals surface area contributed by atoms with Gasteiger partial charge in [0.05, 0.1) is 8.10 Å². The fraction of sp³-hybridized carbons (Fsp3) is 0.750. The second-order valence-electron chi connectivity index (χ2n) is 3.95. The molecule has 4 saturated heterocycles. The summed E-state index contributed by atoms with van der Waals surface area (Å²) in [6, 6.07) is 0. The zero-order chi connectivity index (χ0) is 10.1. The van der Waals surface area contributed by atoms with E-state index in [1.165, 1.54) is 0 Å². The maximum atomic E-state index is 3.58. The van der Waals surface area contributed by atoms with Gasteiger partial charge in [0.2, 0.25) is 0 Å². The Bertz CT molecular complexity index is 253. The molecular weight excluding hydrogens is 734 g/mol. The molecule has 0 aromatic heterocycles. The van der Waals surface area contributed by atoms with Crippen LogP contribution < -0.4 is 5.32 Å². The van der Waals surface area contributed by atoms with Crippen LogP contribution in [0.25, 0.3) is 0 Å². The Morgan fingerprint density at radius 1 is 1.00 bits per heavy atom. The van der Waals surface area contributed by atoms with Gasteiger partial charge in [-0.15, -0.1) is 0 Å². The summed E-state index contributed by atoms with van der Waals surface area (Å²) in [5, 5.41) is 3.58. The Kier molecular flexibility index (Phi) is 7.24. The molecule has 90 valence electrons. The molecule has 4 aliphatic rings. The first-order valence-electron chi connectivity index (χ1n) is 4.38. The van der Waals surface area contributed by atoms with Gasteiger partial charge in [0.25, 0.3) is 0 Å². The largest absolute Gasteiger partial charge is 0.598 e. The summed E-state index contributed by atoms with van der Waals surface area (Å²) in [5.74, 6) is 0.707. The van der Waals surface area contributed by atoms with Gasteiger partial charge in [0, 0.05) is 46.6 Å². The smallest absolute Gasteiger partial charge is 0.0711 e. The minimum Gasteiger partial charge on any atom is -0.598 e. The van der Waals surface area contributed by atoms with Crippen LogP contribution in [0, 0.1) is 24.4 Å². The molecule has 0 amide bonds. The van der Waals surface area contributed by atoms with Gasteiger partial charge in [-0.2, -0.15) is 0 Å². The van der Waals surface area contributed by atoms with E-state index >= 15 is 0 Å². The van der Waals surface area contributed by atoms with E-state index in [0.717, 1.165) is 3.92 Å². The van der Waals surface area contributed by atoms with Gasteiger partial charge in [-0.1, -0.05) is 90.4 Å². The van der Waals surface area contributed by atoms with Crippen molar-refractivity contribution in [2.45, 2.75) is 16.1 Å². The molecule has 0 aromatic carbocycles. The molecule has 4 atom stereocenters. The van der Waals surface area contributed by atoms with Crippen LogP contribution >= 0.6 is 90.4 Å². The number of piperidine rings is 2. The van der Waals surface area contributed by atoms with E-state index in [4.69, 9.17) is 0 Å². The molecule has 4 aliphatic heterocycles. The van der Waals surface area contributed by atoms with Gasteiger partial charge in [-0.25, -0.2) is 0 Å². The summed E-state index contributed by atoms with van der Waals surface area (Å²) in [7, 11) is 0. The minimum absolute atomic E-state index is 0. The molecule has 4 rings (SSSR count). The minimum atomic E-state index is 0. The monoisotopic (exact) mass is 742 g/mol. The number of hydrogen-bond donors (Lipinski definition) is 1. The quantitative estimate of drug-likeness (QED) is 0.178. The number of alkyl halides is 4. The summed E-state index contributed by atoms with van der Waals surface area (Å²) in [4.78, 5) is 2.40. The number of nitrogens with zero attached hydrogens (tertiary/aromatic N) is 1. The number of nitrogens with one attached hydrogen (secondary N) is 1. The van der Waals surface area contributed by atoms with Gasteiger partial charge < -0.3 is 18.0 Å². The molecule has 0 saturated carbocycles. The summed E-state index contributed by atoms with van der Waals surface area (Å²) in [6.07, 6.45) is 0. The number of hydrogen-bond acceptors (Lipinski definition) is 2. The molecule has 4 fully saturated rings.